The molecule has 0 spiro atoms. The van der Waals surface area contributed by atoms with Gasteiger partial charge in [-0.2, -0.15) is 0 Å². The van der Waals surface area contributed by atoms with Crippen LogP contribution in [0.2, 0.25) is 0 Å². The molecule has 0 rings (SSSR count). The first-order chi connectivity index (χ1) is 8.71. The minimum atomic E-state index is -4.16. The standard InChI is InChI=1S/C12H23NO5S/c1-5-12(14)18-11(4)10(3)13(6-2)8-7-9-19(15,16)17/h5,10-11H,1,6-9H2,2-4H3,(H,15,16,17). The molecular formula is C12H23NO5S. The van der Waals surface area contributed by atoms with Crippen LogP contribution in [-0.2, 0) is 19.6 Å². The fraction of sp³-hybridized carbons (Fsp3) is 0.750. The molecule has 19 heavy (non-hydrogen) atoms. The molecule has 0 aromatic heterocycles. The average Bonchev–Trinajstić information content (AvgIpc) is 2.32. The highest BCUT2D eigenvalue weighted by Gasteiger charge is 2.24. The Morgan fingerprint density at radius 1 is 1.47 bits per heavy atom. The molecule has 3 atom stereocenters. The van der Waals surface area contributed by atoms with E-state index in [0.29, 0.717) is 13.0 Å². The van der Waals surface area contributed by atoms with Gasteiger partial charge in [0.15, 0.2) is 6.10 Å². The molecule has 7 heteroatoms. The van der Waals surface area contributed by atoms with E-state index in [1.165, 1.54) is 0 Å². The fourth-order valence-corrected chi connectivity index (χ4v) is 2.37. The van der Waals surface area contributed by atoms with Crippen molar-refractivity contribution in [3.05, 3.63) is 12.7 Å². The molecule has 0 amide bonds. The lowest BCUT2D eigenvalue weighted by Gasteiger charge is -2.29. The van der Waals surface area contributed by atoms with Crippen LogP contribution in [0.1, 0.15) is 27.2 Å². The number of rotatable bonds is 9. The number of esters is 1. The third-order valence-corrected chi connectivity index (χ3v) is 3.95. The van der Waals surface area contributed by atoms with Crippen molar-refractivity contribution in [1.82, 2.24) is 0 Å². The zero-order valence-corrected chi connectivity index (χ0v) is 12.5. The number of nitrogens with one attached hydrogen (secondary N) is 1. The minimum absolute atomic E-state index is 0.0169. The van der Waals surface area contributed by atoms with Crippen LogP contribution in [0.4, 0.5) is 0 Å². The van der Waals surface area contributed by atoms with E-state index in [2.05, 4.69) is 6.58 Å². The predicted molar refractivity (Wildman–Crippen MR) is 70.8 cm³/mol. The maximum atomic E-state index is 11.1. The number of carbonyl (C=O) groups excluding carboxylic acids is 1. The lowest BCUT2D eigenvalue weighted by atomic mass is 10.1. The van der Waals surface area contributed by atoms with Gasteiger partial charge < -0.3 is 14.2 Å². The van der Waals surface area contributed by atoms with Crippen molar-refractivity contribution in [3.8, 4) is 0 Å². The van der Waals surface area contributed by atoms with E-state index in [-0.39, 0.29) is 17.9 Å². The molecule has 6 nitrogen and oxygen atoms in total. The Balaban J connectivity index is 4.34. The maximum Gasteiger partial charge on any atom is 0.330 e. The zero-order valence-electron chi connectivity index (χ0n) is 11.7. The van der Waals surface area contributed by atoms with Crippen molar-refractivity contribution in [3.63, 3.8) is 0 Å². The van der Waals surface area contributed by atoms with Gasteiger partial charge in [-0.05, 0) is 20.8 Å². The largest absolute Gasteiger partial charge is 0.748 e. The highest BCUT2D eigenvalue weighted by atomic mass is 32.2. The molecule has 0 saturated heterocycles. The summed E-state index contributed by atoms with van der Waals surface area (Å²) in [5.41, 5.74) is 0. The Labute approximate surface area is 115 Å². The summed E-state index contributed by atoms with van der Waals surface area (Å²) in [5, 5.41) is 0. The SMILES string of the molecule is C=CC(=O)OC(C)C(C)[NH+](CC)CCCS(=O)(=O)[O-]. The second-order valence-corrected chi connectivity index (χ2v) is 6.04. The third-order valence-electron chi connectivity index (χ3n) is 3.16. The first kappa shape index (κ1) is 18.1. The van der Waals surface area contributed by atoms with Gasteiger partial charge in [0.2, 0.25) is 0 Å². The predicted octanol–water partition coefficient (Wildman–Crippen LogP) is -0.667. The number of ether oxygens (including phenoxy) is 1. The van der Waals surface area contributed by atoms with Gasteiger partial charge in [-0.25, -0.2) is 13.2 Å². The maximum absolute atomic E-state index is 11.1. The normalized spacial score (nSPS) is 16.4. The van der Waals surface area contributed by atoms with Crippen molar-refractivity contribution >= 4 is 16.1 Å². The topological polar surface area (TPSA) is 87.9 Å². The molecule has 0 heterocycles. The van der Waals surface area contributed by atoms with Gasteiger partial charge in [0.1, 0.15) is 6.04 Å². The average molecular weight is 293 g/mol. The quantitative estimate of drug-likeness (QED) is 0.346. The summed E-state index contributed by atoms with van der Waals surface area (Å²) < 4.78 is 36.8. The van der Waals surface area contributed by atoms with E-state index in [1.54, 1.807) is 6.92 Å². The number of likely N-dealkylation sites (N-methyl/N-ethyl adjacent to an activating group) is 1. The summed E-state index contributed by atoms with van der Waals surface area (Å²) in [5.74, 6) is -0.832. The van der Waals surface area contributed by atoms with Crippen LogP contribution >= 0.6 is 0 Å². The van der Waals surface area contributed by atoms with Crippen LogP contribution < -0.4 is 4.90 Å². The Hall–Kier alpha value is -0.920. The molecule has 3 unspecified atom stereocenters. The first-order valence-corrected chi connectivity index (χ1v) is 7.90. The van der Waals surface area contributed by atoms with Gasteiger partial charge in [-0.15, -0.1) is 0 Å². The molecule has 0 aromatic carbocycles. The Bertz CT molecular complexity index is 393. The number of hydrogen-bond donors (Lipinski definition) is 1. The smallest absolute Gasteiger partial charge is 0.330 e. The lowest BCUT2D eigenvalue weighted by molar-refractivity contribution is -0.925. The summed E-state index contributed by atoms with van der Waals surface area (Å²) in [6.45, 7) is 10.3. The molecule has 0 saturated carbocycles. The minimum Gasteiger partial charge on any atom is -0.748 e. The summed E-state index contributed by atoms with van der Waals surface area (Å²) in [7, 11) is -4.16. The van der Waals surface area contributed by atoms with Crippen LogP contribution in [0.15, 0.2) is 12.7 Å². The van der Waals surface area contributed by atoms with E-state index >= 15 is 0 Å². The summed E-state index contributed by atoms with van der Waals surface area (Å²) in [6, 6.07) is 0.0169. The highest BCUT2D eigenvalue weighted by molar-refractivity contribution is 7.85. The molecule has 0 aliphatic carbocycles. The summed E-state index contributed by atoms with van der Waals surface area (Å²) in [6.07, 6.45) is 1.12. The number of quaternary nitrogens is 1. The van der Waals surface area contributed by atoms with Gasteiger partial charge in [-0.1, -0.05) is 6.58 Å². The Morgan fingerprint density at radius 2 is 2.05 bits per heavy atom. The second-order valence-electron chi connectivity index (χ2n) is 4.51. The molecule has 1 N–H and O–H groups in total. The van der Waals surface area contributed by atoms with Crippen LogP contribution in [0.25, 0.3) is 0 Å². The Morgan fingerprint density at radius 3 is 2.47 bits per heavy atom. The van der Waals surface area contributed by atoms with Crippen molar-refractivity contribution < 1.29 is 27.4 Å². The van der Waals surface area contributed by atoms with Gasteiger partial charge in [0.25, 0.3) is 0 Å². The summed E-state index contributed by atoms with van der Waals surface area (Å²) in [4.78, 5) is 12.2. The van der Waals surface area contributed by atoms with E-state index in [4.69, 9.17) is 4.74 Å². The molecular weight excluding hydrogens is 270 g/mol. The molecule has 0 aliphatic heterocycles. The van der Waals surface area contributed by atoms with E-state index in [9.17, 15) is 17.8 Å². The summed E-state index contributed by atoms with van der Waals surface area (Å²) >= 11 is 0. The molecule has 0 radical (unpaired) electrons. The molecule has 112 valence electrons. The van der Waals surface area contributed by atoms with Crippen molar-refractivity contribution in [2.75, 3.05) is 18.8 Å². The number of carbonyl (C=O) groups is 1. The highest BCUT2D eigenvalue weighted by Crippen LogP contribution is 1.97. The molecule has 0 aromatic rings. The first-order valence-electron chi connectivity index (χ1n) is 6.32. The van der Waals surface area contributed by atoms with Crippen molar-refractivity contribution in [1.29, 1.82) is 0 Å². The fourth-order valence-electron chi connectivity index (χ4n) is 1.87. The van der Waals surface area contributed by atoms with Gasteiger partial charge >= 0.3 is 5.97 Å². The van der Waals surface area contributed by atoms with E-state index < -0.39 is 16.1 Å². The second kappa shape index (κ2) is 8.29. The monoisotopic (exact) mass is 293 g/mol. The van der Waals surface area contributed by atoms with Gasteiger partial charge in [-0.3, -0.25) is 0 Å². The third kappa shape index (κ3) is 7.97. The van der Waals surface area contributed by atoms with Crippen molar-refractivity contribution in [2.45, 2.75) is 39.3 Å². The number of hydrogen-bond acceptors (Lipinski definition) is 5. The lowest BCUT2D eigenvalue weighted by Crippen LogP contribution is -3.16. The van der Waals surface area contributed by atoms with Gasteiger partial charge in [0.05, 0.1) is 23.2 Å². The van der Waals surface area contributed by atoms with Crippen LogP contribution in [-0.4, -0.2) is 49.9 Å². The Kier molecular flexibility index (Phi) is 7.89. The van der Waals surface area contributed by atoms with Crippen molar-refractivity contribution in [2.24, 2.45) is 0 Å². The molecule has 0 bridgehead atoms. The molecule has 0 aliphatic rings. The van der Waals surface area contributed by atoms with E-state index in [0.717, 1.165) is 17.5 Å². The van der Waals surface area contributed by atoms with E-state index in [1.807, 2.05) is 13.8 Å². The van der Waals surface area contributed by atoms with Crippen LogP contribution in [0.5, 0.6) is 0 Å². The zero-order chi connectivity index (χ0) is 15.1. The van der Waals surface area contributed by atoms with Crippen LogP contribution in [0.3, 0.4) is 0 Å². The van der Waals surface area contributed by atoms with Crippen LogP contribution in [0, 0.1) is 0 Å². The van der Waals surface area contributed by atoms with Gasteiger partial charge in [0, 0.05) is 18.2 Å². The molecule has 0 fully saturated rings.